The molecule has 1 aromatic heterocycles. The minimum Gasteiger partial charge on any atom is -0.477 e. The summed E-state index contributed by atoms with van der Waals surface area (Å²) in [4.78, 5) is 20.6. The Labute approximate surface area is 101 Å². The Balaban J connectivity index is 2.31. The number of carboxylic acids is 1. The summed E-state index contributed by atoms with van der Waals surface area (Å²) < 4.78 is 0. The molecule has 0 aliphatic carbocycles. The van der Waals surface area contributed by atoms with Gasteiger partial charge in [-0.05, 0) is 39.5 Å². The second-order valence-corrected chi connectivity index (χ2v) is 4.01. The van der Waals surface area contributed by atoms with E-state index in [1.807, 2.05) is 14.1 Å². The van der Waals surface area contributed by atoms with Gasteiger partial charge in [0.15, 0.2) is 5.69 Å². The number of aromatic nitrogens is 2. The minimum absolute atomic E-state index is 0.00999. The zero-order chi connectivity index (χ0) is 12.7. The predicted octanol–water partition coefficient (Wildman–Crippen LogP) is 0.928. The highest BCUT2D eigenvalue weighted by atomic mass is 16.4. The molecule has 0 fully saturated rings. The quantitative estimate of drug-likeness (QED) is 0.688. The maximum absolute atomic E-state index is 10.7. The smallest absolute Gasteiger partial charge is 0.354 e. The van der Waals surface area contributed by atoms with E-state index in [0.29, 0.717) is 5.95 Å². The molecular formula is C11H18N4O2. The number of anilines is 1. The van der Waals surface area contributed by atoms with Crippen LogP contribution in [0.4, 0.5) is 5.95 Å². The zero-order valence-corrected chi connectivity index (χ0v) is 10.2. The van der Waals surface area contributed by atoms with Gasteiger partial charge >= 0.3 is 5.97 Å². The summed E-state index contributed by atoms with van der Waals surface area (Å²) in [5, 5.41) is 11.8. The molecule has 1 aromatic rings. The summed E-state index contributed by atoms with van der Waals surface area (Å²) in [5.41, 5.74) is 0.00999. The molecule has 0 unspecified atom stereocenters. The van der Waals surface area contributed by atoms with Crippen LogP contribution < -0.4 is 5.32 Å². The Hall–Kier alpha value is -1.69. The average molecular weight is 238 g/mol. The number of hydrogen-bond acceptors (Lipinski definition) is 5. The second-order valence-electron chi connectivity index (χ2n) is 4.01. The molecular weight excluding hydrogens is 220 g/mol. The van der Waals surface area contributed by atoms with Gasteiger partial charge in [-0.25, -0.2) is 14.8 Å². The van der Waals surface area contributed by atoms with Crippen molar-refractivity contribution in [1.29, 1.82) is 0 Å². The Morgan fingerprint density at radius 1 is 1.47 bits per heavy atom. The first-order chi connectivity index (χ1) is 8.09. The summed E-state index contributed by atoms with van der Waals surface area (Å²) in [5.74, 6) is -0.669. The second kappa shape index (κ2) is 6.80. The van der Waals surface area contributed by atoms with Crippen molar-refractivity contribution in [2.24, 2.45) is 0 Å². The van der Waals surface area contributed by atoms with Crippen LogP contribution in [-0.2, 0) is 0 Å². The molecule has 6 nitrogen and oxygen atoms in total. The third-order valence-corrected chi connectivity index (χ3v) is 2.19. The molecule has 0 atom stereocenters. The van der Waals surface area contributed by atoms with E-state index in [-0.39, 0.29) is 5.69 Å². The number of unbranched alkanes of at least 4 members (excludes halogenated alkanes) is 1. The number of nitrogens with one attached hydrogen (secondary N) is 1. The van der Waals surface area contributed by atoms with Gasteiger partial charge in [0.05, 0.1) is 0 Å². The summed E-state index contributed by atoms with van der Waals surface area (Å²) in [6, 6.07) is 1.37. The number of aromatic carboxylic acids is 1. The highest BCUT2D eigenvalue weighted by Gasteiger charge is 2.05. The van der Waals surface area contributed by atoms with E-state index in [2.05, 4.69) is 20.2 Å². The van der Waals surface area contributed by atoms with Gasteiger partial charge in [0.1, 0.15) is 0 Å². The fourth-order valence-electron chi connectivity index (χ4n) is 1.32. The first-order valence-corrected chi connectivity index (χ1v) is 5.54. The molecule has 0 aliphatic rings. The molecule has 94 valence electrons. The lowest BCUT2D eigenvalue weighted by molar-refractivity contribution is 0.0690. The molecule has 0 amide bonds. The molecule has 6 heteroatoms. The number of hydrogen-bond donors (Lipinski definition) is 2. The Kier molecular flexibility index (Phi) is 5.35. The number of rotatable bonds is 7. The van der Waals surface area contributed by atoms with Crippen molar-refractivity contribution in [3.63, 3.8) is 0 Å². The Morgan fingerprint density at radius 2 is 2.24 bits per heavy atom. The average Bonchev–Trinajstić information content (AvgIpc) is 2.28. The molecule has 0 saturated heterocycles. The largest absolute Gasteiger partial charge is 0.477 e. The van der Waals surface area contributed by atoms with E-state index in [4.69, 9.17) is 5.11 Å². The number of carboxylic acid groups (broad SMARTS) is 1. The van der Waals surface area contributed by atoms with E-state index >= 15 is 0 Å². The van der Waals surface area contributed by atoms with Gasteiger partial charge in [-0.3, -0.25) is 0 Å². The lowest BCUT2D eigenvalue weighted by Crippen LogP contribution is -2.14. The molecule has 2 N–H and O–H groups in total. The van der Waals surface area contributed by atoms with E-state index in [0.717, 1.165) is 25.9 Å². The first kappa shape index (κ1) is 13.4. The van der Waals surface area contributed by atoms with Crippen LogP contribution >= 0.6 is 0 Å². The highest BCUT2D eigenvalue weighted by molar-refractivity contribution is 5.85. The van der Waals surface area contributed by atoms with Crippen molar-refractivity contribution in [3.05, 3.63) is 18.0 Å². The molecule has 0 saturated carbocycles. The van der Waals surface area contributed by atoms with Gasteiger partial charge in [0.2, 0.25) is 5.95 Å². The molecule has 1 heterocycles. The molecule has 1 rings (SSSR count). The van der Waals surface area contributed by atoms with Crippen LogP contribution in [-0.4, -0.2) is 53.1 Å². The molecule has 0 spiro atoms. The van der Waals surface area contributed by atoms with E-state index in [9.17, 15) is 4.79 Å². The summed E-state index contributed by atoms with van der Waals surface area (Å²) in [6.07, 6.45) is 3.52. The summed E-state index contributed by atoms with van der Waals surface area (Å²) in [6.45, 7) is 1.79. The van der Waals surface area contributed by atoms with Crippen LogP contribution in [0.5, 0.6) is 0 Å². The minimum atomic E-state index is -1.04. The van der Waals surface area contributed by atoms with E-state index in [1.165, 1.54) is 12.3 Å². The predicted molar refractivity (Wildman–Crippen MR) is 65.3 cm³/mol. The van der Waals surface area contributed by atoms with Crippen LogP contribution in [0.15, 0.2) is 12.3 Å². The van der Waals surface area contributed by atoms with Gasteiger partial charge in [0.25, 0.3) is 0 Å². The van der Waals surface area contributed by atoms with Crippen LogP contribution in [0.25, 0.3) is 0 Å². The molecule has 0 aliphatic heterocycles. The normalized spacial score (nSPS) is 10.5. The Morgan fingerprint density at radius 3 is 2.88 bits per heavy atom. The van der Waals surface area contributed by atoms with Crippen LogP contribution in [0.3, 0.4) is 0 Å². The Bertz CT molecular complexity index is 368. The van der Waals surface area contributed by atoms with Crippen molar-refractivity contribution in [1.82, 2.24) is 14.9 Å². The highest BCUT2D eigenvalue weighted by Crippen LogP contribution is 2.01. The van der Waals surface area contributed by atoms with Gasteiger partial charge < -0.3 is 15.3 Å². The van der Waals surface area contributed by atoms with Crippen molar-refractivity contribution < 1.29 is 9.90 Å². The van der Waals surface area contributed by atoms with Gasteiger partial charge in [0, 0.05) is 12.7 Å². The fraction of sp³-hybridized carbons (Fsp3) is 0.545. The molecule has 0 bridgehead atoms. The monoisotopic (exact) mass is 238 g/mol. The zero-order valence-electron chi connectivity index (χ0n) is 10.2. The van der Waals surface area contributed by atoms with Gasteiger partial charge in [-0.1, -0.05) is 0 Å². The number of carbonyl (C=O) groups is 1. The molecule has 0 radical (unpaired) electrons. The van der Waals surface area contributed by atoms with Crippen molar-refractivity contribution in [2.75, 3.05) is 32.5 Å². The van der Waals surface area contributed by atoms with Crippen molar-refractivity contribution in [3.8, 4) is 0 Å². The molecule has 17 heavy (non-hydrogen) atoms. The van der Waals surface area contributed by atoms with Gasteiger partial charge in [-0.2, -0.15) is 0 Å². The number of nitrogens with zero attached hydrogens (tertiary/aromatic N) is 3. The van der Waals surface area contributed by atoms with Crippen molar-refractivity contribution in [2.45, 2.75) is 12.8 Å². The van der Waals surface area contributed by atoms with Crippen LogP contribution in [0.1, 0.15) is 23.3 Å². The lowest BCUT2D eigenvalue weighted by atomic mass is 10.3. The summed E-state index contributed by atoms with van der Waals surface area (Å²) in [7, 11) is 4.07. The van der Waals surface area contributed by atoms with Crippen molar-refractivity contribution >= 4 is 11.9 Å². The summed E-state index contributed by atoms with van der Waals surface area (Å²) >= 11 is 0. The first-order valence-electron chi connectivity index (χ1n) is 5.54. The van der Waals surface area contributed by atoms with E-state index in [1.54, 1.807) is 0 Å². The lowest BCUT2D eigenvalue weighted by Gasteiger charge is -2.09. The van der Waals surface area contributed by atoms with Gasteiger partial charge in [-0.15, -0.1) is 0 Å². The van der Waals surface area contributed by atoms with E-state index < -0.39 is 5.97 Å². The maximum Gasteiger partial charge on any atom is 0.354 e. The third kappa shape index (κ3) is 5.26. The standard InChI is InChI=1S/C11H18N4O2/c1-15(2)8-4-3-6-12-11-13-7-5-9(14-11)10(16)17/h5,7H,3-4,6,8H2,1-2H3,(H,16,17)(H,12,13,14). The topological polar surface area (TPSA) is 78.4 Å². The SMILES string of the molecule is CN(C)CCCCNc1nccc(C(=O)O)n1. The third-order valence-electron chi connectivity index (χ3n) is 2.19. The van der Waals surface area contributed by atoms with Crippen LogP contribution in [0.2, 0.25) is 0 Å². The van der Waals surface area contributed by atoms with Crippen LogP contribution in [0, 0.1) is 0 Å². The fourth-order valence-corrected chi connectivity index (χ4v) is 1.32. The maximum atomic E-state index is 10.7. The molecule has 0 aromatic carbocycles.